The first-order valence-electron chi connectivity index (χ1n) is 8.60. The van der Waals surface area contributed by atoms with Crippen LogP contribution in [0, 0.1) is 0 Å². The van der Waals surface area contributed by atoms with Gasteiger partial charge in [0.2, 0.25) is 12.7 Å². The lowest BCUT2D eigenvalue weighted by molar-refractivity contribution is -0.123. The molecule has 132 valence electrons. The number of nitrogens with one attached hydrogen (secondary N) is 2. The minimum absolute atomic E-state index is 0.0519. The highest BCUT2D eigenvalue weighted by atomic mass is 35.5. The Morgan fingerprint density at radius 2 is 2.00 bits per heavy atom. The number of carbonyl (C=O) groups excluding carboxylic acids is 1. The van der Waals surface area contributed by atoms with Gasteiger partial charge in [-0.2, -0.15) is 0 Å². The maximum Gasteiger partial charge on any atom is 0.231 e. The van der Waals surface area contributed by atoms with Crippen LogP contribution in [0.1, 0.15) is 24.0 Å². The number of hydrogen-bond donors (Lipinski definition) is 2. The molecule has 3 aromatic rings. The maximum absolute atomic E-state index is 12.9. The summed E-state index contributed by atoms with van der Waals surface area (Å²) in [5.74, 6) is 1.52. The zero-order valence-corrected chi connectivity index (χ0v) is 14.7. The molecule has 0 saturated heterocycles. The van der Waals surface area contributed by atoms with Crippen molar-refractivity contribution in [1.29, 1.82) is 0 Å². The fourth-order valence-electron chi connectivity index (χ4n) is 3.63. The van der Waals surface area contributed by atoms with E-state index in [2.05, 4.69) is 10.3 Å². The molecule has 1 aliphatic carbocycles. The third kappa shape index (κ3) is 2.42. The molecule has 1 fully saturated rings. The van der Waals surface area contributed by atoms with Gasteiger partial charge in [0, 0.05) is 28.7 Å². The molecule has 0 atom stereocenters. The molecular formula is C20H17ClN2O3. The molecule has 2 heterocycles. The van der Waals surface area contributed by atoms with E-state index in [-0.39, 0.29) is 12.7 Å². The van der Waals surface area contributed by atoms with E-state index >= 15 is 0 Å². The Balaban J connectivity index is 1.37. The second kappa shape index (κ2) is 5.68. The smallest absolute Gasteiger partial charge is 0.231 e. The van der Waals surface area contributed by atoms with Gasteiger partial charge in [-0.1, -0.05) is 17.7 Å². The highest BCUT2D eigenvalue weighted by Gasteiger charge is 2.52. The number of carbonyl (C=O) groups is 1. The van der Waals surface area contributed by atoms with E-state index in [0.29, 0.717) is 11.6 Å². The zero-order valence-electron chi connectivity index (χ0n) is 14.0. The van der Waals surface area contributed by atoms with Crippen LogP contribution in [0.5, 0.6) is 11.5 Å². The summed E-state index contributed by atoms with van der Waals surface area (Å²) in [5, 5.41) is 4.78. The topological polar surface area (TPSA) is 63.4 Å². The van der Waals surface area contributed by atoms with E-state index in [1.165, 1.54) is 0 Å². The van der Waals surface area contributed by atoms with Crippen molar-refractivity contribution in [1.82, 2.24) is 10.3 Å². The number of H-pyrrole nitrogens is 1. The lowest BCUT2D eigenvalue weighted by atomic mass is 9.94. The Hall–Kier alpha value is -2.66. The largest absolute Gasteiger partial charge is 0.454 e. The number of hydrogen-bond acceptors (Lipinski definition) is 3. The summed E-state index contributed by atoms with van der Waals surface area (Å²) in [7, 11) is 0. The van der Waals surface area contributed by atoms with Crippen molar-refractivity contribution < 1.29 is 14.3 Å². The average Bonchev–Trinajstić information content (AvgIpc) is 3.13. The quantitative estimate of drug-likeness (QED) is 0.734. The number of amides is 1. The van der Waals surface area contributed by atoms with E-state index < -0.39 is 5.41 Å². The van der Waals surface area contributed by atoms with E-state index in [4.69, 9.17) is 21.1 Å². The van der Waals surface area contributed by atoms with Gasteiger partial charge in [-0.15, -0.1) is 0 Å². The number of benzene rings is 2. The molecule has 26 heavy (non-hydrogen) atoms. The molecule has 0 spiro atoms. The molecule has 2 aromatic carbocycles. The van der Waals surface area contributed by atoms with Crippen LogP contribution in [-0.2, 0) is 16.8 Å². The molecular weight excluding hydrogens is 352 g/mol. The number of aromatic amines is 1. The van der Waals surface area contributed by atoms with Crippen LogP contribution < -0.4 is 14.8 Å². The Morgan fingerprint density at radius 1 is 1.15 bits per heavy atom. The lowest BCUT2D eigenvalue weighted by Crippen LogP contribution is -2.34. The van der Waals surface area contributed by atoms with Crippen LogP contribution >= 0.6 is 11.6 Å². The van der Waals surface area contributed by atoms with Crippen molar-refractivity contribution in [2.45, 2.75) is 24.8 Å². The van der Waals surface area contributed by atoms with Gasteiger partial charge in [-0.25, -0.2) is 0 Å². The predicted molar refractivity (Wildman–Crippen MR) is 98.6 cm³/mol. The number of rotatable bonds is 4. The van der Waals surface area contributed by atoms with E-state index in [1.807, 2.05) is 42.6 Å². The molecule has 1 aromatic heterocycles. The van der Waals surface area contributed by atoms with Crippen LogP contribution in [0.2, 0.25) is 5.02 Å². The first-order valence-corrected chi connectivity index (χ1v) is 8.97. The molecule has 5 nitrogen and oxygen atoms in total. The minimum atomic E-state index is -0.459. The standard InChI is InChI=1S/C20H17ClN2O3/c21-13-2-3-16-14(8-13)15(10-22-16)20(5-6-20)19(24)23-9-12-1-4-17-18(7-12)26-11-25-17/h1-4,7-8,10,22H,5-6,9,11H2,(H,23,24). The average molecular weight is 369 g/mol. The predicted octanol–water partition coefficient (Wildman–Crippen LogP) is 3.90. The molecule has 2 N–H and O–H groups in total. The molecule has 1 saturated carbocycles. The number of halogens is 1. The molecule has 1 aliphatic heterocycles. The molecule has 2 aliphatic rings. The van der Waals surface area contributed by atoms with E-state index in [0.717, 1.165) is 46.4 Å². The summed E-state index contributed by atoms with van der Waals surface area (Å²) in [5.41, 5.74) is 2.55. The van der Waals surface area contributed by atoms with Crippen molar-refractivity contribution in [3.63, 3.8) is 0 Å². The van der Waals surface area contributed by atoms with Crippen LogP contribution in [0.4, 0.5) is 0 Å². The van der Waals surface area contributed by atoms with Gasteiger partial charge in [0.25, 0.3) is 0 Å². The first kappa shape index (κ1) is 15.6. The SMILES string of the molecule is O=C(NCc1ccc2c(c1)OCO2)C1(c2c[nH]c3ccc(Cl)cc23)CC1. The van der Waals surface area contributed by atoms with Gasteiger partial charge in [0.1, 0.15) is 0 Å². The first-order chi connectivity index (χ1) is 12.7. The maximum atomic E-state index is 12.9. The number of fused-ring (bicyclic) bond motifs is 2. The second-order valence-corrected chi connectivity index (χ2v) is 7.28. The van der Waals surface area contributed by atoms with Gasteiger partial charge in [-0.3, -0.25) is 4.79 Å². The monoisotopic (exact) mass is 368 g/mol. The van der Waals surface area contributed by atoms with Gasteiger partial charge >= 0.3 is 0 Å². The Labute approximate surface area is 155 Å². The summed E-state index contributed by atoms with van der Waals surface area (Å²) >= 11 is 6.15. The van der Waals surface area contributed by atoms with Crippen LogP contribution in [-0.4, -0.2) is 17.7 Å². The number of ether oxygens (including phenoxy) is 2. The van der Waals surface area contributed by atoms with Gasteiger partial charge < -0.3 is 19.8 Å². The highest BCUT2D eigenvalue weighted by Crippen LogP contribution is 2.51. The Kier molecular flexibility index (Phi) is 3.40. The zero-order chi connectivity index (χ0) is 17.7. The van der Waals surface area contributed by atoms with Gasteiger partial charge in [-0.05, 0) is 54.3 Å². The van der Waals surface area contributed by atoms with E-state index in [9.17, 15) is 4.79 Å². The van der Waals surface area contributed by atoms with Crippen molar-refractivity contribution in [2.75, 3.05) is 6.79 Å². The number of aromatic nitrogens is 1. The van der Waals surface area contributed by atoms with Crippen molar-refractivity contribution >= 4 is 28.4 Å². The lowest BCUT2D eigenvalue weighted by Gasteiger charge is -2.15. The summed E-state index contributed by atoms with van der Waals surface area (Å²) in [6.45, 7) is 0.706. The van der Waals surface area contributed by atoms with Crippen molar-refractivity contribution in [2.24, 2.45) is 0 Å². The molecule has 0 radical (unpaired) electrons. The molecule has 1 amide bonds. The van der Waals surface area contributed by atoms with Crippen LogP contribution in [0.3, 0.4) is 0 Å². The second-order valence-electron chi connectivity index (χ2n) is 6.84. The summed E-state index contributed by atoms with van der Waals surface area (Å²) in [6, 6.07) is 11.4. The van der Waals surface area contributed by atoms with Crippen LogP contribution in [0.25, 0.3) is 10.9 Å². The Morgan fingerprint density at radius 3 is 2.85 bits per heavy atom. The fraction of sp³-hybridized carbons (Fsp3) is 0.250. The summed E-state index contributed by atoms with van der Waals surface area (Å²) in [4.78, 5) is 16.2. The van der Waals surface area contributed by atoms with E-state index in [1.54, 1.807) is 0 Å². The van der Waals surface area contributed by atoms with Gasteiger partial charge in [0.05, 0.1) is 5.41 Å². The third-order valence-electron chi connectivity index (χ3n) is 5.23. The minimum Gasteiger partial charge on any atom is -0.454 e. The third-order valence-corrected chi connectivity index (χ3v) is 5.47. The Bertz CT molecular complexity index is 1020. The molecule has 6 heteroatoms. The normalized spacial score (nSPS) is 16.7. The molecule has 5 rings (SSSR count). The van der Waals surface area contributed by atoms with Crippen molar-refractivity contribution in [3.05, 3.63) is 58.7 Å². The van der Waals surface area contributed by atoms with Gasteiger partial charge in [0.15, 0.2) is 11.5 Å². The summed E-state index contributed by atoms with van der Waals surface area (Å²) in [6.07, 6.45) is 3.63. The molecule has 0 unspecified atom stereocenters. The summed E-state index contributed by atoms with van der Waals surface area (Å²) < 4.78 is 10.7. The fourth-order valence-corrected chi connectivity index (χ4v) is 3.81. The highest BCUT2D eigenvalue weighted by molar-refractivity contribution is 6.31. The van der Waals surface area contributed by atoms with Crippen LogP contribution in [0.15, 0.2) is 42.6 Å². The van der Waals surface area contributed by atoms with Crippen molar-refractivity contribution in [3.8, 4) is 11.5 Å². The molecule has 0 bridgehead atoms.